The van der Waals surface area contributed by atoms with Crippen LogP contribution in [0.1, 0.15) is 24.1 Å². The number of carbonyl (C=O) groups is 3. The zero-order valence-corrected chi connectivity index (χ0v) is 20.1. The van der Waals surface area contributed by atoms with Crippen molar-refractivity contribution in [1.82, 2.24) is 15.1 Å². The number of amides is 4. The van der Waals surface area contributed by atoms with Gasteiger partial charge >= 0.3 is 6.03 Å². The molecule has 0 spiro atoms. The Morgan fingerprint density at radius 3 is 2.11 bits per heavy atom. The molecule has 186 valence electrons. The monoisotopic (exact) mass is 487 g/mol. The molecule has 8 nitrogen and oxygen atoms in total. The Morgan fingerprint density at radius 2 is 1.47 bits per heavy atom. The van der Waals surface area contributed by atoms with E-state index in [9.17, 15) is 14.4 Å². The van der Waals surface area contributed by atoms with Gasteiger partial charge < -0.3 is 19.7 Å². The smallest absolute Gasteiger partial charge is 0.328 e. The first-order chi connectivity index (χ1) is 17.6. The van der Waals surface area contributed by atoms with Crippen molar-refractivity contribution in [3.63, 3.8) is 0 Å². The van der Waals surface area contributed by atoms with Crippen LogP contribution in [-0.4, -0.2) is 53.9 Å². The quantitative estimate of drug-likeness (QED) is 0.329. The van der Waals surface area contributed by atoms with Crippen molar-refractivity contribution in [3.05, 3.63) is 96.1 Å². The molecule has 0 aromatic heterocycles. The highest BCUT2D eigenvalue weighted by Crippen LogP contribution is 2.32. The first-order valence-electron chi connectivity index (χ1n) is 11.9. The molecular weight excluding hydrogens is 458 g/mol. The van der Waals surface area contributed by atoms with Crippen LogP contribution >= 0.6 is 0 Å². The second kappa shape index (κ2) is 11.9. The lowest BCUT2D eigenvalue weighted by atomic mass is 10.1. The van der Waals surface area contributed by atoms with E-state index in [2.05, 4.69) is 5.32 Å². The Balaban J connectivity index is 1.35. The van der Waals surface area contributed by atoms with Crippen LogP contribution < -0.4 is 14.8 Å². The average Bonchev–Trinajstić information content (AvgIpc) is 3.13. The molecule has 1 aliphatic rings. The van der Waals surface area contributed by atoms with E-state index in [0.717, 1.165) is 16.2 Å². The molecule has 1 N–H and O–H groups in total. The van der Waals surface area contributed by atoms with Crippen molar-refractivity contribution in [2.24, 2.45) is 0 Å². The molecule has 1 unspecified atom stereocenters. The standard InChI is InChI=1S/C28H29N3O5/c1-2-35-23-13-15-24(16-14-23)36-18-17-29-25(32)20-31-27(33)26(22-11-7-4-8-12-22)30(28(31)34)19-21-9-5-3-6-10-21/h3-16,26H,2,17-20H2,1H3,(H,29,32). The second-order valence-electron chi connectivity index (χ2n) is 8.24. The Morgan fingerprint density at radius 1 is 0.861 bits per heavy atom. The zero-order valence-electron chi connectivity index (χ0n) is 20.1. The summed E-state index contributed by atoms with van der Waals surface area (Å²) >= 11 is 0. The fourth-order valence-electron chi connectivity index (χ4n) is 4.04. The van der Waals surface area contributed by atoms with Gasteiger partial charge in [-0.15, -0.1) is 0 Å². The van der Waals surface area contributed by atoms with Crippen molar-refractivity contribution in [2.75, 3.05) is 26.3 Å². The van der Waals surface area contributed by atoms with Gasteiger partial charge in [0.1, 0.15) is 30.7 Å². The first-order valence-corrected chi connectivity index (χ1v) is 11.9. The number of nitrogens with one attached hydrogen (secondary N) is 1. The van der Waals surface area contributed by atoms with Crippen LogP contribution in [-0.2, 0) is 16.1 Å². The Labute approximate surface area is 210 Å². The molecule has 8 heteroatoms. The summed E-state index contributed by atoms with van der Waals surface area (Å²) in [7, 11) is 0. The predicted molar refractivity (Wildman–Crippen MR) is 134 cm³/mol. The molecule has 0 radical (unpaired) electrons. The van der Waals surface area contributed by atoms with Gasteiger partial charge in [-0.3, -0.25) is 14.5 Å². The summed E-state index contributed by atoms with van der Waals surface area (Å²) < 4.78 is 11.0. The lowest BCUT2D eigenvalue weighted by Crippen LogP contribution is -2.42. The van der Waals surface area contributed by atoms with Crippen LogP contribution in [0.15, 0.2) is 84.9 Å². The van der Waals surface area contributed by atoms with Crippen molar-refractivity contribution in [3.8, 4) is 11.5 Å². The molecule has 1 heterocycles. The normalized spacial score (nSPS) is 15.2. The van der Waals surface area contributed by atoms with Crippen molar-refractivity contribution < 1.29 is 23.9 Å². The molecule has 1 fully saturated rings. The summed E-state index contributed by atoms with van der Waals surface area (Å²) in [4.78, 5) is 41.6. The molecule has 4 amide bonds. The SMILES string of the molecule is CCOc1ccc(OCCNC(=O)CN2C(=O)C(c3ccccc3)N(Cc3ccccc3)C2=O)cc1. The minimum Gasteiger partial charge on any atom is -0.494 e. The van der Waals surface area contributed by atoms with Gasteiger partial charge in [0.05, 0.1) is 13.2 Å². The summed E-state index contributed by atoms with van der Waals surface area (Å²) in [5.74, 6) is 0.566. The zero-order chi connectivity index (χ0) is 25.3. The molecule has 1 saturated heterocycles. The third-order valence-electron chi connectivity index (χ3n) is 5.73. The lowest BCUT2D eigenvalue weighted by Gasteiger charge is -2.22. The number of hydrogen-bond acceptors (Lipinski definition) is 5. The number of rotatable bonds is 11. The number of benzene rings is 3. The van der Waals surface area contributed by atoms with Crippen molar-refractivity contribution in [1.29, 1.82) is 0 Å². The van der Waals surface area contributed by atoms with Gasteiger partial charge in [-0.2, -0.15) is 0 Å². The Bertz CT molecular complexity index is 1170. The van der Waals surface area contributed by atoms with Crippen LogP contribution in [0, 0.1) is 0 Å². The number of carbonyl (C=O) groups excluding carboxylic acids is 3. The highest BCUT2D eigenvalue weighted by Gasteiger charge is 2.46. The summed E-state index contributed by atoms with van der Waals surface area (Å²) in [6, 6.07) is 24.5. The fourth-order valence-corrected chi connectivity index (χ4v) is 4.04. The van der Waals surface area contributed by atoms with Gasteiger partial charge in [-0.05, 0) is 42.3 Å². The van der Waals surface area contributed by atoms with Gasteiger partial charge in [0, 0.05) is 6.54 Å². The van der Waals surface area contributed by atoms with E-state index >= 15 is 0 Å². The molecule has 0 bridgehead atoms. The number of hydrogen-bond donors (Lipinski definition) is 1. The highest BCUT2D eigenvalue weighted by molar-refractivity contribution is 6.06. The maximum absolute atomic E-state index is 13.3. The molecule has 4 rings (SSSR count). The highest BCUT2D eigenvalue weighted by atomic mass is 16.5. The molecule has 3 aromatic carbocycles. The molecule has 36 heavy (non-hydrogen) atoms. The van der Waals surface area contributed by atoms with Gasteiger partial charge in [-0.25, -0.2) is 4.79 Å². The Hall–Kier alpha value is -4.33. The van der Waals surface area contributed by atoms with Crippen LogP contribution in [0.3, 0.4) is 0 Å². The Kier molecular flexibility index (Phi) is 8.18. The largest absolute Gasteiger partial charge is 0.494 e. The summed E-state index contributed by atoms with van der Waals surface area (Å²) in [6.45, 7) is 2.89. The summed E-state index contributed by atoms with van der Waals surface area (Å²) in [5, 5.41) is 2.72. The fraction of sp³-hybridized carbons (Fsp3) is 0.250. The van der Waals surface area contributed by atoms with Crippen LogP contribution in [0.4, 0.5) is 4.79 Å². The summed E-state index contributed by atoms with van der Waals surface area (Å²) in [6.07, 6.45) is 0. The molecule has 1 atom stereocenters. The molecule has 3 aromatic rings. The number of urea groups is 1. The second-order valence-corrected chi connectivity index (χ2v) is 8.24. The topological polar surface area (TPSA) is 88.2 Å². The predicted octanol–water partition coefficient (Wildman–Crippen LogP) is 3.79. The number of ether oxygens (including phenoxy) is 2. The average molecular weight is 488 g/mol. The molecule has 0 aliphatic carbocycles. The van der Waals surface area contributed by atoms with E-state index in [1.165, 1.54) is 4.90 Å². The third kappa shape index (κ3) is 6.02. The van der Waals surface area contributed by atoms with E-state index in [0.29, 0.717) is 17.9 Å². The van der Waals surface area contributed by atoms with Crippen molar-refractivity contribution in [2.45, 2.75) is 19.5 Å². The lowest BCUT2D eigenvalue weighted by molar-refractivity contribution is -0.132. The van der Waals surface area contributed by atoms with E-state index in [-0.39, 0.29) is 26.2 Å². The molecule has 1 aliphatic heterocycles. The van der Waals surface area contributed by atoms with E-state index in [4.69, 9.17) is 9.47 Å². The first kappa shape index (κ1) is 24.8. The van der Waals surface area contributed by atoms with Crippen molar-refractivity contribution >= 4 is 17.8 Å². The minimum absolute atomic E-state index is 0.234. The maximum atomic E-state index is 13.3. The van der Waals surface area contributed by atoms with Crippen LogP contribution in [0.2, 0.25) is 0 Å². The minimum atomic E-state index is -0.783. The third-order valence-corrected chi connectivity index (χ3v) is 5.73. The molecule has 0 saturated carbocycles. The van der Waals surface area contributed by atoms with Crippen LogP contribution in [0.5, 0.6) is 11.5 Å². The van der Waals surface area contributed by atoms with Gasteiger partial charge in [0.15, 0.2) is 0 Å². The van der Waals surface area contributed by atoms with Gasteiger partial charge in [0.2, 0.25) is 5.91 Å². The van der Waals surface area contributed by atoms with E-state index < -0.39 is 23.9 Å². The van der Waals surface area contributed by atoms with E-state index in [1.54, 1.807) is 12.1 Å². The molecular formula is C28H29N3O5. The van der Waals surface area contributed by atoms with Crippen LogP contribution in [0.25, 0.3) is 0 Å². The number of nitrogens with zero attached hydrogens (tertiary/aromatic N) is 2. The maximum Gasteiger partial charge on any atom is 0.328 e. The van der Waals surface area contributed by atoms with E-state index in [1.807, 2.05) is 79.7 Å². The number of imide groups is 1. The summed E-state index contributed by atoms with van der Waals surface area (Å²) in [5.41, 5.74) is 1.61. The van der Waals surface area contributed by atoms with Gasteiger partial charge in [-0.1, -0.05) is 60.7 Å². The van der Waals surface area contributed by atoms with Gasteiger partial charge in [0.25, 0.3) is 5.91 Å².